The van der Waals surface area contributed by atoms with Crippen LogP contribution in [-0.4, -0.2) is 27.6 Å². The summed E-state index contributed by atoms with van der Waals surface area (Å²) in [7, 11) is 0. The topological polar surface area (TPSA) is 68.2 Å². The van der Waals surface area contributed by atoms with Crippen LogP contribution in [0.3, 0.4) is 0 Å². The third-order valence-electron chi connectivity index (χ3n) is 2.96. The monoisotopic (exact) mass is 210 g/mol. The van der Waals surface area contributed by atoms with E-state index in [0.717, 1.165) is 18.8 Å². The van der Waals surface area contributed by atoms with Crippen molar-refractivity contribution in [3.8, 4) is 0 Å². The van der Waals surface area contributed by atoms with E-state index in [0.29, 0.717) is 6.04 Å². The first-order valence-corrected chi connectivity index (χ1v) is 5.53. The summed E-state index contributed by atoms with van der Waals surface area (Å²) in [5.41, 5.74) is 5.45. The molecule has 5 heteroatoms. The second-order valence-electron chi connectivity index (χ2n) is 4.33. The van der Waals surface area contributed by atoms with Gasteiger partial charge in [0.05, 0.1) is 6.04 Å². The first-order chi connectivity index (χ1) is 7.18. The van der Waals surface area contributed by atoms with E-state index in [-0.39, 0.29) is 12.1 Å². The van der Waals surface area contributed by atoms with Crippen LogP contribution in [0.5, 0.6) is 0 Å². The van der Waals surface area contributed by atoms with Crippen LogP contribution >= 0.6 is 0 Å². The molecule has 2 rings (SSSR count). The number of nitrogen functional groups attached to an aromatic ring is 1. The van der Waals surface area contributed by atoms with Crippen LogP contribution in [0.4, 0.5) is 6.01 Å². The minimum absolute atomic E-state index is 0.166. The van der Waals surface area contributed by atoms with Gasteiger partial charge in [-0.15, -0.1) is 0 Å². The summed E-state index contributed by atoms with van der Waals surface area (Å²) in [6.07, 6.45) is 3.57. The van der Waals surface area contributed by atoms with Crippen molar-refractivity contribution in [2.45, 2.75) is 45.2 Å². The van der Waals surface area contributed by atoms with Crippen LogP contribution in [0, 0.1) is 0 Å². The molecule has 5 nitrogen and oxygen atoms in total. The number of hydrogen-bond donors (Lipinski definition) is 1. The second kappa shape index (κ2) is 4.18. The molecule has 0 saturated carbocycles. The van der Waals surface area contributed by atoms with Crippen molar-refractivity contribution in [2.75, 3.05) is 12.3 Å². The van der Waals surface area contributed by atoms with Crippen LogP contribution in [0.1, 0.15) is 45.0 Å². The van der Waals surface area contributed by atoms with Crippen molar-refractivity contribution in [1.82, 2.24) is 15.0 Å². The molecule has 1 unspecified atom stereocenters. The molecule has 0 bridgehead atoms. The molecule has 1 aliphatic heterocycles. The van der Waals surface area contributed by atoms with Crippen LogP contribution in [0.2, 0.25) is 0 Å². The Labute approximate surface area is 89.6 Å². The van der Waals surface area contributed by atoms with E-state index < -0.39 is 0 Å². The lowest BCUT2D eigenvalue weighted by molar-refractivity contribution is 0.104. The van der Waals surface area contributed by atoms with Crippen molar-refractivity contribution in [3.63, 3.8) is 0 Å². The molecule has 0 spiro atoms. The maximum absolute atomic E-state index is 5.45. The summed E-state index contributed by atoms with van der Waals surface area (Å²) in [5, 5.41) is 3.92. The van der Waals surface area contributed by atoms with Gasteiger partial charge in [-0.3, -0.25) is 4.90 Å². The standard InChI is InChI=1S/C10H18N4O/c1-7(2)14-6-4-3-5-8(14)9-12-10(11)15-13-9/h7-8H,3-6H2,1-2H3,(H2,11,12,13). The molecule has 15 heavy (non-hydrogen) atoms. The average Bonchev–Trinajstić information content (AvgIpc) is 2.65. The molecule has 0 amide bonds. The largest absolute Gasteiger partial charge is 0.351 e. The maximum atomic E-state index is 5.45. The van der Waals surface area contributed by atoms with E-state index in [4.69, 9.17) is 10.3 Å². The van der Waals surface area contributed by atoms with Gasteiger partial charge in [0.15, 0.2) is 5.82 Å². The summed E-state index contributed by atoms with van der Waals surface area (Å²) in [6, 6.07) is 0.953. The smallest absolute Gasteiger partial charge is 0.318 e. The minimum atomic E-state index is 0.166. The Morgan fingerprint density at radius 1 is 1.47 bits per heavy atom. The zero-order valence-corrected chi connectivity index (χ0v) is 9.31. The Hall–Kier alpha value is -1.10. The first-order valence-electron chi connectivity index (χ1n) is 5.53. The third-order valence-corrected chi connectivity index (χ3v) is 2.96. The maximum Gasteiger partial charge on any atom is 0.318 e. The van der Waals surface area contributed by atoms with E-state index in [1.54, 1.807) is 0 Å². The molecule has 1 aromatic rings. The van der Waals surface area contributed by atoms with Gasteiger partial charge in [-0.2, -0.15) is 4.98 Å². The number of nitrogens with two attached hydrogens (primary N) is 1. The lowest BCUT2D eigenvalue weighted by atomic mass is 10.00. The average molecular weight is 210 g/mol. The van der Waals surface area contributed by atoms with Gasteiger partial charge in [-0.05, 0) is 33.2 Å². The second-order valence-corrected chi connectivity index (χ2v) is 4.33. The fourth-order valence-electron chi connectivity index (χ4n) is 2.23. The van der Waals surface area contributed by atoms with E-state index in [2.05, 4.69) is 28.9 Å². The number of likely N-dealkylation sites (tertiary alicyclic amines) is 1. The van der Waals surface area contributed by atoms with Gasteiger partial charge in [0.1, 0.15) is 0 Å². The quantitative estimate of drug-likeness (QED) is 0.802. The summed E-state index contributed by atoms with van der Waals surface area (Å²) in [4.78, 5) is 6.54. The fourth-order valence-corrected chi connectivity index (χ4v) is 2.23. The van der Waals surface area contributed by atoms with Gasteiger partial charge in [0.25, 0.3) is 0 Å². The highest BCUT2D eigenvalue weighted by Crippen LogP contribution is 2.30. The van der Waals surface area contributed by atoms with E-state index in [1.165, 1.54) is 12.8 Å². The molecular formula is C10H18N4O. The zero-order chi connectivity index (χ0) is 10.8. The van der Waals surface area contributed by atoms with Gasteiger partial charge in [-0.25, -0.2) is 0 Å². The van der Waals surface area contributed by atoms with Crippen LogP contribution in [0.25, 0.3) is 0 Å². The summed E-state index contributed by atoms with van der Waals surface area (Å²) in [6.45, 7) is 5.50. The highest BCUT2D eigenvalue weighted by Gasteiger charge is 2.29. The molecule has 0 aliphatic carbocycles. The predicted molar refractivity (Wildman–Crippen MR) is 57.1 cm³/mol. The summed E-state index contributed by atoms with van der Waals surface area (Å²) >= 11 is 0. The SMILES string of the molecule is CC(C)N1CCCCC1c1noc(N)n1. The lowest BCUT2D eigenvalue weighted by Gasteiger charge is -2.36. The molecule has 1 saturated heterocycles. The Bertz CT molecular complexity index is 323. The molecule has 84 valence electrons. The number of nitrogens with zero attached hydrogens (tertiary/aromatic N) is 3. The molecule has 1 fully saturated rings. The van der Waals surface area contributed by atoms with E-state index >= 15 is 0 Å². The molecular weight excluding hydrogens is 192 g/mol. The van der Waals surface area contributed by atoms with Gasteiger partial charge in [0, 0.05) is 6.04 Å². The Balaban J connectivity index is 2.17. The van der Waals surface area contributed by atoms with E-state index in [9.17, 15) is 0 Å². The predicted octanol–water partition coefficient (Wildman–Crippen LogP) is 1.59. The van der Waals surface area contributed by atoms with Gasteiger partial charge in [0.2, 0.25) is 0 Å². The summed E-state index contributed by atoms with van der Waals surface area (Å²) in [5.74, 6) is 0.737. The van der Waals surface area contributed by atoms with Crippen molar-refractivity contribution in [3.05, 3.63) is 5.82 Å². The lowest BCUT2D eigenvalue weighted by Crippen LogP contribution is -2.38. The zero-order valence-electron chi connectivity index (χ0n) is 9.31. The van der Waals surface area contributed by atoms with Gasteiger partial charge >= 0.3 is 6.01 Å². The molecule has 1 atom stereocenters. The molecule has 2 N–H and O–H groups in total. The van der Waals surface area contributed by atoms with E-state index in [1.807, 2.05) is 0 Å². The van der Waals surface area contributed by atoms with Crippen molar-refractivity contribution in [2.24, 2.45) is 0 Å². The highest BCUT2D eigenvalue weighted by molar-refractivity contribution is 5.10. The molecule has 0 aromatic carbocycles. The van der Waals surface area contributed by atoms with Crippen molar-refractivity contribution >= 4 is 6.01 Å². The molecule has 2 heterocycles. The number of anilines is 1. The summed E-state index contributed by atoms with van der Waals surface area (Å²) < 4.78 is 4.84. The van der Waals surface area contributed by atoms with Crippen LogP contribution in [-0.2, 0) is 0 Å². The number of hydrogen-bond acceptors (Lipinski definition) is 5. The van der Waals surface area contributed by atoms with Gasteiger partial charge in [-0.1, -0.05) is 11.6 Å². The highest BCUT2D eigenvalue weighted by atomic mass is 16.5. The Kier molecular flexibility index (Phi) is 2.90. The molecule has 1 aliphatic rings. The Morgan fingerprint density at radius 3 is 2.87 bits per heavy atom. The fraction of sp³-hybridized carbons (Fsp3) is 0.800. The normalized spacial score (nSPS) is 23.5. The van der Waals surface area contributed by atoms with Crippen molar-refractivity contribution in [1.29, 1.82) is 0 Å². The Morgan fingerprint density at radius 2 is 2.27 bits per heavy atom. The number of rotatable bonds is 2. The molecule has 0 radical (unpaired) electrons. The number of piperidine rings is 1. The molecule has 1 aromatic heterocycles. The first kappa shape index (κ1) is 10.4. The minimum Gasteiger partial charge on any atom is -0.351 e. The van der Waals surface area contributed by atoms with Crippen LogP contribution < -0.4 is 5.73 Å². The number of aromatic nitrogens is 2. The third kappa shape index (κ3) is 2.12. The van der Waals surface area contributed by atoms with Crippen LogP contribution in [0.15, 0.2) is 4.52 Å². The van der Waals surface area contributed by atoms with Gasteiger partial charge < -0.3 is 10.3 Å². The van der Waals surface area contributed by atoms with Crippen molar-refractivity contribution < 1.29 is 4.52 Å².